The zero-order chi connectivity index (χ0) is 15.8. The number of ether oxygens (including phenoxy) is 1. The van der Waals surface area contributed by atoms with Gasteiger partial charge in [-0.3, -0.25) is 4.79 Å². The third-order valence-corrected chi connectivity index (χ3v) is 3.36. The van der Waals surface area contributed by atoms with E-state index in [2.05, 4.69) is 5.32 Å². The lowest BCUT2D eigenvalue weighted by molar-refractivity contribution is -0.137. The topological polar surface area (TPSA) is 99.2 Å². The first-order chi connectivity index (χ1) is 9.93. The molecule has 0 aromatic heterocycles. The molecule has 21 heavy (non-hydrogen) atoms. The monoisotopic (exact) mass is 301 g/mol. The largest absolute Gasteiger partial charge is 0.481 e. The van der Waals surface area contributed by atoms with E-state index < -0.39 is 5.97 Å². The molecule has 0 saturated carbocycles. The summed E-state index contributed by atoms with van der Waals surface area (Å²) in [7, 11) is 1.56. The Hall–Kier alpha value is -1.99. The van der Waals surface area contributed by atoms with Crippen molar-refractivity contribution in [3.63, 3.8) is 0 Å². The van der Waals surface area contributed by atoms with E-state index in [0.29, 0.717) is 32.5 Å². The average molecular weight is 301 g/mol. The summed E-state index contributed by atoms with van der Waals surface area (Å²) in [5.41, 5.74) is 0. The molecule has 2 N–H and O–H groups in total. The fraction of sp³-hybridized carbons (Fsp3) is 0.769. The number of carboxylic acid groups (broad SMARTS) is 1. The maximum atomic E-state index is 11.9. The minimum absolute atomic E-state index is 0.00421. The van der Waals surface area contributed by atoms with Crippen molar-refractivity contribution in [2.75, 3.05) is 33.3 Å². The van der Waals surface area contributed by atoms with Crippen LogP contribution < -0.4 is 5.32 Å². The molecule has 3 amide bonds. The predicted molar refractivity (Wildman–Crippen MR) is 75.0 cm³/mol. The zero-order valence-electron chi connectivity index (χ0n) is 12.5. The van der Waals surface area contributed by atoms with E-state index in [0.717, 1.165) is 0 Å². The highest BCUT2D eigenvalue weighted by atomic mass is 16.6. The molecule has 0 radical (unpaired) electrons. The fourth-order valence-corrected chi connectivity index (χ4v) is 2.07. The van der Waals surface area contributed by atoms with E-state index in [9.17, 15) is 14.4 Å². The maximum absolute atomic E-state index is 11.9. The van der Waals surface area contributed by atoms with Crippen molar-refractivity contribution in [2.24, 2.45) is 0 Å². The molecule has 0 aromatic carbocycles. The van der Waals surface area contributed by atoms with Crippen molar-refractivity contribution in [1.29, 1.82) is 0 Å². The number of amides is 3. The first-order valence-electron chi connectivity index (χ1n) is 7.09. The van der Waals surface area contributed by atoms with Gasteiger partial charge in [-0.15, -0.1) is 0 Å². The summed E-state index contributed by atoms with van der Waals surface area (Å²) in [6, 6.07) is -0.290. The molecular weight excluding hydrogens is 278 g/mol. The molecular formula is C13H23N3O5. The number of carbonyl (C=O) groups is 3. The van der Waals surface area contributed by atoms with Gasteiger partial charge in [0.25, 0.3) is 0 Å². The van der Waals surface area contributed by atoms with Gasteiger partial charge in [0.15, 0.2) is 0 Å². The summed E-state index contributed by atoms with van der Waals surface area (Å²) in [6.45, 7) is 3.37. The van der Waals surface area contributed by atoms with Crippen molar-refractivity contribution < 1.29 is 24.2 Å². The minimum Gasteiger partial charge on any atom is -0.481 e. The van der Waals surface area contributed by atoms with Gasteiger partial charge in [0.05, 0.1) is 13.0 Å². The van der Waals surface area contributed by atoms with E-state index in [1.54, 1.807) is 18.9 Å². The number of urea groups is 1. The standard InChI is InChI=1S/C13H23N3O5/c1-3-21-13(20)16-8-4-10(5-9-16)14-12(19)15(2)7-6-11(17)18/h10H,3-9H2,1-2H3,(H,14,19)(H,17,18). The molecule has 1 aliphatic rings. The van der Waals surface area contributed by atoms with E-state index in [1.807, 2.05) is 0 Å². The molecule has 1 heterocycles. The van der Waals surface area contributed by atoms with Crippen LogP contribution in [0.25, 0.3) is 0 Å². The lowest BCUT2D eigenvalue weighted by Gasteiger charge is -2.32. The molecule has 1 fully saturated rings. The second-order valence-electron chi connectivity index (χ2n) is 4.98. The summed E-state index contributed by atoms with van der Waals surface area (Å²) in [6.07, 6.45) is 0.931. The second kappa shape index (κ2) is 8.33. The highest BCUT2D eigenvalue weighted by Crippen LogP contribution is 2.11. The van der Waals surface area contributed by atoms with Gasteiger partial charge in [0.1, 0.15) is 0 Å². The first kappa shape index (κ1) is 17.1. The summed E-state index contributed by atoms with van der Waals surface area (Å²) in [4.78, 5) is 36.8. The lowest BCUT2D eigenvalue weighted by atomic mass is 10.1. The second-order valence-corrected chi connectivity index (χ2v) is 4.98. The van der Waals surface area contributed by atoms with Gasteiger partial charge < -0.3 is 25.0 Å². The first-order valence-corrected chi connectivity index (χ1v) is 7.09. The molecule has 120 valence electrons. The van der Waals surface area contributed by atoms with Gasteiger partial charge >= 0.3 is 18.1 Å². The highest BCUT2D eigenvalue weighted by Gasteiger charge is 2.25. The molecule has 0 atom stereocenters. The molecule has 1 rings (SSSR count). The van der Waals surface area contributed by atoms with Crippen LogP contribution in [-0.2, 0) is 9.53 Å². The lowest BCUT2D eigenvalue weighted by Crippen LogP contribution is -2.49. The summed E-state index contributed by atoms with van der Waals surface area (Å²) >= 11 is 0. The molecule has 0 aliphatic carbocycles. The van der Waals surface area contributed by atoms with Crippen LogP contribution in [0.3, 0.4) is 0 Å². The number of aliphatic carboxylic acids is 1. The fourth-order valence-electron chi connectivity index (χ4n) is 2.07. The van der Waals surface area contributed by atoms with E-state index >= 15 is 0 Å². The van der Waals surface area contributed by atoms with Gasteiger partial charge in [0, 0.05) is 32.7 Å². The Morgan fingerprint density at radius 2 is 1.95 bits per heavy atom. The third-order valence-electron chi connectivity index (χ3n) is 3.36. The normalized spacial score (nSPS) is 15.4. The van der Waals surface area contributed by atoms with Crippen LogP contribution in [0.15, 0.2) is 0 Å². The molecule has 0 spiro atoms. The van der Waals surface area contributed by atoms with Crippen LogP contribution in [0.2, 0.25) is 0 Å². The summed E-state index contributed by atoms with van der Waals surface area (Å²) < 4.78 is 4.93. The number of nitrogens with one attached hydrogen (secondary N) is 1. The maximum Gasteiger partial charge on any atom is 0.409 e. The Kier molecular flexibility index (Phi) is 6.77. The van der Waals surface area contributed by atoms with Crippen molar-refractivity contribution in [2.45, 2.75) is 32.2 Å². The highest BCUT2D eigenvalue weighted by molar-refractivity contribution is 5.75. The molecule has 0 aromatic rings. The van der Waals surface area contributed by atoms with Crippen LogP contribution in [0.4, 0.5) is 9.59 Å². The quantitative estimate of drug-likeness (QED) is 0.779. The Labute approximate surface area is 124 Å². The molecule has 8 heteroatoms. The smallest absolute Gasteiger partial charge is 0.409 e. The Bertz CT molecular complexity index is 380. The van der Waals surface area contributed by atoms with Crippen LogP contribution in [0, 0.1) is 0 Å². The number of piperidine rings is 1. The average Bonchev–Trinajstić information content (AvgIpc) is 2.45. The number of nitrogens with zero attached hydrogens (tertiary/aromatic N) is 2. The summed E-state index contributed by atoms with van der Waals surface area (Å²) in [5, 5.41) is 11.4. The van der Waals surface area contributed by atoms with E-state index in [4.69, 9.17) is 9.84 Å². The number of rotatable bonds is 5. The Morgan fingerprint density at radius 1 is 1.33 bits per heavy atom. The predicted octanol–water partition coefficient (Wildman–Crippen LogP) is 0.723. The van der Waals surface area contributed by atoms with Crippen LogP contribution >= 0.6 is 0 Å². The molecule has 0 bridgehead atoms. The zero-order valence-corrected chi connectivity index (χ0v) is 12.5. The minimum atomic E-state index is -0.933. The SMILES string of the molecule is CCOC(=O)N1CCC(NC(=O)N(C)CCC(=O)O)CC1. The van der Waals surface area contributed by atoms with Gasteiger partial charge in [-0.1, -0.05) is 0 Å². The number of hydrogen-bond donors (Lipinski definition) is 2. The Morgan fingerprint density at radius 3 is 2.48 bits per heavy atom. The van der Waals surface area contributed by atoms with Crippen molar-refractivity contribution in [3.8, 4) is 0 Å². The van der Waals surface area contributed by atoms with Crippen LogP contribution in [0.1, 0.15) is 26.2 Å². The van der Waals surface area contributed by atoms with Crippen molar-refractivity contribution in [3.05, 3.63) is 0 Å². The summed E-state index contributed by atoms with van der Waals surface area (Å²) in [5.74, 6) is -0.933. The number of hydrogen-bond acceptors (Lipinski definition) is 4. The number of carboxylic acids is 1. The molecule has 8 nitrogen and oxygen atoms in total. The molecule has 1 saturated heterocycles. The van der Waals surface area contributed by atoms with Crippen LogP contribution in [-0.4, -0.2) is 72.3 Å². The van der Waals surface area contributed by atoms with Gasteiger partial charge in [-0.2, -0.15) is 0 Å². The molecule has 0 unspecified atom stereocenters. The van der Waals surface area contributed by atoms with Crippen molar-refractivity contribution in [1.82, 2.24) is 15.1 Å². The number of carbonyl (C=O) groups excluding carboxylic acids is 2. The number of likely N-dealkylation sites (tertiary alicyclic amines) is 1. The van der Waals surface area contributed by atoms with Gasteiger partial charge in [-0.25, -0.2) is 9.59 Å². The van der Waals surface area contributed by atoms with Gasteiger partial charge in [-0.05, 0) is 19.8 Å². The third kappa shape index (κ3) is 5.88. The van der Waals surface area contributed by atoms with Gasteiger partial charge in [0.2, 0.25) is 0 Å². The van der Waals surface area contributed by atoms with E-state index in [1.165, 1.54) is 4.90 Å². The Balaban J connectivity index is 2.30. The van der Waals surface area contributed by atoms with E-state index in [-0.39, 0.29) is 31.1 Å². The molecule has 1 aliphatic heterocycles. The van der Waals surface area contributed by atoms with Crippen molar-refractivity contribution >= 4 is 18.1 Å². The van der Waals surface area contributed by atoms with Crippen LogP contribution in [0.5, 0.6) is 0 Å².